The van der Waals surface area contributed by atoms with Crippen LogP contribution < -0.4 is 10.1 Å². The number of carbonyl (C=O) groups excluding carboxylic acids is 1. The van der Waals surface area contributed by atoms with Crippen molar-refractivity contribution in [3.63, 3.8) is 0 Å². The number of nitrogens with one attached hydrogen (secondary N) is 1. The van der Waals surface area contributed by atoms with Gasteiger partial charge in [0.1, 0.15) is 12.4 Å². The van der Waals surface area contributed by atoms with Gasteiger partial charge in [0.15, 0.2) is 0 Å². The molecule has 0 aliphatic carbocycles. The predicted molar refractivity (Wildman–Crippen MR) is 143 cm³/mol. The van der Waals surface area contributed by atoms with Gasteiger partial charge in [0.2, 0.25) is 20.0 Å². The smallest absolute Gasteiger partial charge is 0.252 e. The SMILES string of the molecule is O=C(NCCOc1ccc(S(=O)(=O)N2CCOCC2)cc1)c1cc(S(=O)(=O)N2CCCCCC2)ccc1Cl. The van der Waals surface area contributed by atoms with Crippen molar-refractivity contribution in [2.24, 2.45) is 0 Å². The third kappa shape index (κ3) is 6.85. The minimum Gasteiger partial charge on any atom is -0.492 e. The quantitative estimate of drug-likeness (QED) is 0.449. The van der Waals surface area contributed by atoms with Gasteiger partial charge in [-0.3, -0.25) is 4.79 Å². The topological polar surface area (TPSA) is 122 Å². The van der Waals surface area contributed by atoms with E-state index < -0.39 is 26.0 Å². The number of rotatable bonds is 9. The summed E-state index contributed by atoms with van der Waals surface area (Å²) in [5.41, 5.74) is 0.0697. The van der Waals surface area contributed by atoms with Crippen molar-refractivity contribution in [3.8, 4) is 5.75 Å². The lowest BCUT2D eigenvalue weighted by atomic mass is 10.2. The van der Waals surface area contributed by atoms with Crippen LogP contribution in [0.25, 0.3) is 0 Å². The van der Waals surface area contributed by atoms with Crippen LogP contribution in [0.15, 0.2) is 52.3 Å². The summed E-state index contributed by atoms with van der Waals surface area (Å²) in [6.45, 7) is 2.55. The van der Waals surface area contributed by atoms with Gasteiger partial charge in [-0.15, -0.1) is 0 Å². The molecule has 0 atom stereocenters. The first-order chi connectivity index (χ1) is 18.2. The summed E-state index contributed by atoms with van der Waals surface area (Å²) < 4.78 is 65.3. The van der Waals surface area contributed by atoms with Gasteiger partial charge in [0, 0.05) is 26.2 Å². The van der Waals surface area contributed by atoms with E-state index in [1.165, 1.54) is 38.9 Å². The molecule has 0 aromatic heterocycles. The summed E-state index contributed by atoms with van der Waals surface area (Å²) in [6, 6.07) is 10.2. The maximum Gasteiger partial charge on any atom is 0.252 e. The molecule has 1 N–H and O–H groups in total. The van der Waals surface area contributed by atoms with Crippen molar-refractivity contribution in [2.45, 2.75) is 35.5 Å². The molecule has 208 valence electrons. The normalized spacial score (nSPS) is 18.0. The van der Waals surface area contributed by atoms with Gasteiger partial charge in [-0.25, -0.2) is 16.8 Å². The summed E-state index contributed by atoms with van der Waals surface area (Å²) >= 11 is 6.21. The Kier molecular flexibility index (Phi) is 9.66. The Morgan fingerprint density at radius 2 is 1.42 bits per heavy atom. The summed E-state index contributed by atoms with van der Waals surface area (Å²) in [5, 5.41) is 2.83. The van der Waals surface area contributed by atoms with Crippen molar-refractivity contribution in [2.75, 3.05) is 52.5 Å². The van der Waals surface area contributed by atoms with Gasteiger partial charge in [0.05, 0.1) is 40.1 Å². The van der Waals surface area contributed by atoms with Gasteiger partial charge < -0.3 is 14.8 Å². The van der Waals surface area contributed by atoms with Gasteiger partial charge in [-0.1, -0.05) is 24.4 Å². The number of hydrogen-bond donors (Lipinski definition) is 1. The van der Waals surface area contributed by atoms with E-state index in [0.29, 0.717) is 45.1 Å². The number of hydrogen-bond acceptors (Lipinski definition) is 7. The number of carbonyl (C=O) groups is 1. The number of benzene rings is 2. The summed E-state index contributed by atoms with van der Waals surface area (Å²) in [4.78, 5) is 13.0. The van der Waals surface area contributed by atoms with Crippen LogP contribution in [0.4, 0.5) is 0 Å². The number of ether oxygens (including phenoxy) is 2. The highest BCUT2D eigenvalue weighted by Gasteiger charge is 2.27. The maximum absolute atomic E-state index is 13.1. The highest BCUT2D eigenvalue weighted by atomic mass is 35.5. The van der Waals surface area contributed by atoms with Crippen molar-refractivity contribution in [3.05, 3.63) is 53.1 Å². The molecular weight excluding hydrogens is 554 g/mol. The molecule has 2 aliphatic rings. The van der Waals surface area contributed by atoms with Crippen LogP contribution in [0.2, 0.25) is 5.02 Å². The number of halogens is 1. The molecule has 2 aromatic carbocycles. The first kappa shape index (κ1) is 28.8. The zero-order valence-electron chi connectivity index (χ0n) is 21.0. The van der Waals surface area contributed by atoms with E-state index in [2.05, 4.69) is 5.32 Å². The fourth-order valence-corrected chi connectivity index (χ4v) is 7.50. The minimum atomic E-state index is -3.72. The molecule has 2 saturated heterocycles. The zero-order chi connectivity index (χ0) is 27.2. The third-order valence-corrected chi connectivity index (χ3v) is 10.6. The lowest BCUT2D eigenvalue weighted by molar-refractivity contribution is 0.0730. The van der Waals surface area contributed by atoms with Crippen molar-refractivity contribution in [1.29, 1.82) is 0 Å². The molecule has 13 heteroatoms. The molecule has 4 rings (SSSR count). The number of morpholine rings is 1. The molecule has 2 aromatic rings. The largest absolute Gasteiger partial charge is 0.492 e. The van der Waals surface area contributed by atoms with Gasteiger partial charge in [-0.05, 0) is 55.3 Å². The van der Waals surface area contributed by atoms with E-state index in [9.17, 15) is 21.6 Å². The van der Waals surface area contributed by atoms with Crippen molar-refractivity contribution >= 4 is 37.6 Å². The van der Waals surface area contributed by atoms with Crippen LogP contribution >= 0.6 is 11.6 Å². The zero-order valence-corrected chi connectivity index (χ0v) is 23.4. The molecule has 0 bridgehead atoms. The molecular formula is C25H32ClN3O7S2. The Hall–Kier alpha value is -2.22. The molecule has 2 heterocycles. The van der Waals surface area contributed by atoms with Crippen molar-refractivity contribution < 1.29 is 31.1 Å². The predicted octanol–water partition coefficient (Wildman–Crippen LogP) is 2.73. The standard InChI is InChI=1S/C25H32ClN3O7S2/c26-24-10-9-22(38(33,34)28-12-3-1-2-4-13-28)19-23(24)25(30)27-11-16-36-20-5-7-21(8-6-20)37(31,32)29-14-17-35-18-15-29/h5-10,19H,1-4,11-18H2,(H,27,30). The van der Waals surface area contributed by atoms with Crippen molar-refractivity contribution in [1.82, 2.24) is 13.9 Å². The lowest BCUT2D eigenvalue weighted by Crippen LogP contribution is -2.40. The average molecular weight is 586 g/mol. The van der Waals surface area contributed by atoms with Crippen LogP contribution in [0.1, 0.15) is 36.0 Å². The van der Waals surface area contributed by atoms with E-state index in [1.54, 1.807) is 12.1 Å². The fraction of sp³-hybridized carbons (Fsp3) is 0.480. The second-order valence-electron chi connectivity index (χ2n) is 9.05. The van der Waals surface area contributed by atoms with Gasteiger partial charge >= 0.3 is 0 Å². The Morgan fingerprint density at radius 1 is 0.842 bits per heavy atom. The van der Waals surface area contributed by atoms with Crippen LogP contribution in [0.5, 0.6) is 5.75 Å². The monoisotopic (exact) mass is 585 g/mol. The molecule has 38 heavy (non-hydrogen) atoms. The Bertz CT molecular complexity index is 1320. The molecule has 1 amide bonds. The molecule has 0 spiro atoms. The third-order valence-electron chi connectivity index (χ3n) is 6.47. The number of amides is 1. The summed E-state index contributed by atoms with van der Waals surface area (Å²) in [7, 11) is -7.31. The van der Waals surface area contributed by atoms with Crippen LogP contribution in [0, 0.1) is 0 Å². The average Bonchev–Trinajstić information content (AvgIpc) is 3.22. The molecule has 10 nitrogen and oxygen atoms in total. The van der Waals surface area contributed by atoms with Gasteiger partial charge in [0.25, 0.3) is 5.91 Å². The molecule has 0 unspecified atom stereocenters. The summed E-state index contributed by atoms with van der Waals surface area (Å²) in [6.07, 6.45) is 3.62. The Balaban J connectivity index is 1.32. The highest BCUT2D eigenvalue weighted by molar-refractivity contribution is 7.89. The summed E-state index contributed by atoms with van der Waals surface area (Å²) in [5.74, 6) is -0.0674. The Morgan fingerprint density at radius 3 is 2.08 bits per heavy atom. The first-order valence-corrected chi connectivity index (χ1v) is 15.8. The molecule has 2 fully saturated rings. The van der Waals surface area contributed by atoms with E-state index in [4.69, 9.17) is 21.1 Å². The van der Waals surface area contributed by atoms with Gasteiger partial charge in [-0.2, -0.15) is 8.61 Å². The minimum absolute atomic E-state index is 0.0392. The fourth-order valence-electron chi connectivity index (χ4n) is 4.34. The number of nitrogens with zero attached hydrogens (tertiary/aromatic N) is 2. The van der Waals surface area contributed by atoms with Crippen LogP contribution in [-0.4, -0.2) is 83.9 Å². The van der Waals surface area contributed by atoms with E-state index in [-0.39, 0.29) is 33.5 Å². The molecule has 0 radical (unpaired) electrons. The highest BCUT2D eigenvalue weighted by Crippen LogP contribution is 2.25. The van der Waals surface area contributed by atoms with Crippen LogP contribution in [0.3, 0.4) is 0 Å². The van der Waals surface area contributed by atoms with E-state index >= 15 is 0 Å². The lowest BCUT2D eigenvalue weighted by Gasteiger charge is -2.26. The van der Waals surface area contributed by atoms with E-state index in [1.807, 2.05) is 0 Å². The maximum atomic E-state index is 13.1. The molecule has 0 saturated carbocycles. The van der Waals surface area contributed by atoms with Crippen LogP contribution in [-0.2, 0) is 24.8 Å². The second-order valence-corrected chi connectivity index (χ2v) is 13.3. The molecule has 2 aliphatic heterocycles. The Labute approximate surface area is 229 Å². The second kappa shape index (κ2) is 12.8. The van der Waals surface area contributed by atoms with E-state index in [0.717, 1.165) is 25.7 Å². The number of sulfonamides is 2. The first-order valence-electron chi connectivity index (χ1n) is 12.6.